The van der Waals surface area contributed by atoms with E-state index in [1.807, 2.05) is 42.5 Å². The fourth-order valence-electron chi connectivity index (χ4n) is 8.33. The van der Waals surface area contributed by atoms with Gasteiger partial charge in [0, 0.05) is 55.2 Å². The molecule has 0 N–H and O–H groups in total. The molecule has 12 aromatic rings. The minimum absolute atomic E-state index is 0.562. The van der Waals surface area contributed by atoms with Gasteiger partial charge in [-0.1, -0.05) is 72.8 Å². The molecule has 0 atom stereocenters. The lowest BCUT2D eigenvalue weighted by molar-refractivity contribution is 0.619. The van der Waals surface area contributed by atoms with Crippen LogP contribution in [0, 0.1) is 0 Å². The smallest absolute Gasteiger partial charge is 0.227 e. The van der Waals surface area contributed by atoms with Crippen LogP contribution in [0.2, 0.25) is 0 Å². The van der Waals surface area contributed by atoms with E-state index in [0.717, 1.165) is 88.8 Å². The fourth-order valence-corrected chi connectivity index (χ4v) is 8.33. The highest BCUT2D eigenvalue weighted by Crippen LogP contribution is 2.43. The number of aromatic nitrogens is 2. The Bertz CT molecular complexity index is 3440. The fraction of sp³-hybridized carbons (Fsp3) is 0. The number of hydrogen-bond acceptors (Lipinski definition) is 5. The van der Waals surface area contributed by atoms with Crippen LogP contribution in [-0.4, -0.2) is 9.55 Å². The minimum atomic E-state index is 0.562. The van der Waals surface area contributed by atoms with Crippen molar-refractivity contribution < 1.29 is 13.3 Å². The van der Waals surface area contributed by atoms with Gasteiger partial charge in [0.1, 0.15) is 27.8 Å². The van der Waals surface area contributed by atoms with Gasteiger partial charge in [-0.15, -0.1) is 0 Å². The van der Waals surface area contributed by atoms with Gasteiger partial charge >= 0.3 is 0 Å². The Labute approximate surface area is 313 Å². The largest absolute Gasteiger partial charge is 0.456 e. The van der Waals surface area contributed by atoms with Crippen molar-refractivity contribution in [3.05, 3.63) is 176 Å². The highest BCUT2D eigenvalue weighted by molar-refractivity contribution is 6.17. The molecule has 4 heterocycles. The molecule has 12 rings (SSSR count). The molecule has 258 valence electrons. The summed E-state index contributed by atoms with van der Waals surface area (Å²) in [6.07, 6.45) is 0. The zero-order chi connectivity index (χ0) is 36.0. The van der Waals surface area contributed by atoms with Crippen LogP contribution in [0.3, 0.4) is 0 Å². The van der Waals surface area contributed by atoms with Gasteiger partial charge < -0.3 is 22.7 Å². The molecular weight excluding hydrogens is 679 g/mol. The molecule has 0 bridgehead atoms. The third-order valence-corrected chi connectivity index (χ3v) is 10.8. The molecule has 0 saturated heterocycles. The van der Waals surface area contributed by atoms with E-state index in [4.69, 9.17) is 18.2 Å². The van der Waals surface area contributed by atoms with Gasteiger partial charge in [-0.2, -0.15) is 0 Å². The third-order valence-electron chi connectivity index (χ3n) is 10.8. The second kappa shape index (κ2) is 11.5. The first-order valence-electron chi connectivity index (χ1n) is 18.4. The van der Waals surface area contributed by atoms with Crippen molar-refractivity contribution in [1.29, 1.82) is 0 Å². The second-order valence-corrected chi connectivity index (χ2v) is 14.0. The number of benzene rings is 8. The molecule has 6 heteroatoms. The van der Waals surface area contributed by atoms with Crippen LogP contribution in [0.1, 0.15) is 0 Å². The van der Waals surface area contributed by atoms with Crippen molar-refractivity contribution in [3.8, 4) is 17.1 Å². The summed E-state index contributed by atoms with van der Waals surface area (Å²) >= 11 is 0. The predicted molar refractivity (Wildman–Crippen MR) is 223 cm³/mol. The number of oxazole rings is 1. The number of furan rings is 2. The molecule has 8 aromatic carbocycles. The van der Waals surface area contributed by atoms with E-state index in [2.05, 4.69) is 143 Å². The molecule has 0 fully saturated rings. The minimum Gasteiger partial charge on any atom is -0.456 e. The van der Waals surface area contributed by atoms with Gasteiger partial charge in [-0.05, 0) is 103 Å². The van der Waals surface area contributed by atoms with Crippen LogP contribution in [-0.2, 0) is 0 Å². The summed E-state index contributed by atoms with van der Waals surface area (Å²) in [5, 5.41) is 6.54. The van der Waals surface area contributed by atoms with Gasteiger partial charge in [-0.25, -0.2) is 4.98 Å². The molecule has 0 spiro atoms. The van der Waals surface area contributed by atoms with E-state index in [9.17, 15) is 0 Å². The van der Waals surface area contributed by atoms with E-state index in [1.54, 1.807) is 0 Å². The normalized spacial score (nSPS) is 12.0. The van der Waals surface area contributed by atoms with E-state index in [-0.39, 0.29) is 0 Å². The zero-order valence-electron chi connectivity index (χ0n) is 29.3. The summed E-state index contributed by atoms with van der Waals surface area (Å²) in [4.78, 5) is 7.33. The Hall–Kier alpha value is -7.57. The molecule has 0 radical (unpaired) electrons. The number of hydrogen-bond donors (Lipinski definition) is 0. The van der Waals surface area contributed by atoms with Crippen LogP contribution in [0.15, 0.2) is 189 Å². The first-order chi connectivity index (χ1) is 27.2. The van der Waals surface area contributed by atoms with Gasteiger partial charge in [0.05, 0.1) is 16.4 Å². The molecule has 0 amide bonds. The van der Waals surface area contributed by atoms with Gasteiger partial charge in [0.25, 0.3) is 0 Å². The number of anilines is 3. The summed E-state index contributed by atoms with van der Waals surface area (Å²) in [7, 11) is 0. The highest BCUT2D eigenvalue weighted by Gasteiger charge is 2.20. The molecule has 6 nitrogen and oxygen atoms in total. The second-order valence-electron chi connectivity index (χ2n) is 14.0. The Morgan fingerprint density at radius 1 is 0.400 bits per heavy atom. The molecule has 4 aromatic heterocycles. The number of para-hydroxylation sites is 4. The van der Waals surface area contributed by atoms with E-state index >= 15 is 0 Å². The lowest BCUT2D eigenvalue weighted by Crippen LogP contribution is -2.09. The summed E-state index contributed by atoms with van der Waals surface area (Å²) in [6.45, 7) is 0. The summed E-state index contributed by atoms with van der Waals surface area (Å²) < 4.78 is 21.1. The van der Waals surface area contributed by atoms with E-state index in [1.165, 1.54) is 16.3 Å². The molecule has 0 aliphatic rings. The number of nitrogens with zero attached hydrogens (tertiary/aromatic N) is 3. The SMILES string of the molecule is c1ccc(-n2c3ccccc3c3cc(N(c4ccc(-c5nc6c(ccc7oc8ccccc8c76)o5)cc4)c4ccc5oc6ccccc6c5c4)ccc32)cc1. The van der Waals surface area contributed by atoms with Gasteiger partial charge in [0.2, 0.25) is 5.89 Å². The third kappa shape index (κ3) is 4.52. The Morgan fingerprint density at radius 2 is 0.982 bits per heavy atom. The van der Waals surface area contributed by atoms with Crippen LogP contribution in [0.5, 0.6) is 0 Å². The highest BCUT2D eigenvalue weighted by atomic mass is 16.4. The van der Waals surface area contributed by atoms with Crippen molar-refractivity contribution in [3.63, 3.8) is 0 Å². The number of fused-ring (bicyclic) bond motifs is 11. The van der Waals surface area contributed by atoms with E-state index < -0.39 is 0 Å². The Morgan fingerprint density at radius 3 is 1.82 bits per heavy atom. The van der Waals surface area contributed by atoms with Crippen molar-refractivity contribution in [2.75, 3.05) is 4.90 Å². The van der Waals surface area contributed by atoms with Crippen LogP contribution >= 0.6 is 0 Å². The predicted octanol–water partition coefficient (Wildman–Crippen LogP) is 13.9. The molecule has 0 unspecified atom stereocenters. The standard InChI is InChI=1S/C49H29N3O3/c1-2-10-31(11-3-1)52-40-15-7-4-12-35(40)38-28-33(22-24-41(38)52)51(34-23-25-44-39(29-34)36-13-5-8-16-42(36)53-44)32-20-18-30(19-21-32)49-50-48-46(55-49)27-26-45-47(48)37-14-6-9-17-43(37)54-45/h1-29H. The average Bonchev–Trinajstić information content (AvgIpc) is 4.01. The van der Waals surface area contributed by atoms with Gasteiger partial charge in [0.15, 0.2) is 5.58 Å². The lowest BCUT2D eigenvalue weighted by atomic mass is 10.1. The summed E-state index contributed by atoms with van der Waals surface area (Å²) in [5.74, 6) is 0.562. The zero-order valence-corrected chi connectivity index (χ0v) is 29.3. The van der Waals surface area contributed by atoms with Crippen molar-refractivity contribution in [2.45, 2.75) is 0 Å². The van der Waals surface area contributed by atoms with Crippen molar-refractivity contribution >= 4 is 93.8 Å². The van der Waals surface area contributed by atoms with Crippen LogP contribution < -0.4 is 4.90 Å². The quantitative estimate of drug-likeness (QED) is 0.178. The monoisotopic (exact) mass is 707 g/mol. The Balaban J connectivity index is 1.03. The first-order valence-corrected chi connectivity index (χ1v) is 18.4. The topological polar surface area (TPSA) is 60.5 Å². The lowest BCUT2D eigenvalue weighted by Gasteiger charge is -2.26. The van der Waals surface area contributed by atoms with Gasteiger partial charge in [-0.3, -0.25) is 0 Å². The maximum Gasteiger partial charge on any atom is 0.227 e. The molecular formula is C49H29N3O3. The molecule has 0 aliphatic heterocycles. The van der Waals surface area contributed by atoms with E-state index in [0.29, 0.717) is 5.89 Å². The van der Waals surface area contributed by atoms with Crippen molar-refractivity contribution in [1.82, 2.24) is 9.55 Å². The summed E-state index contributed by atoms with van der Waals surface area (Å²) in [6, 6.07) is 61.0. The molecule has 0 saturated carbocycles. The maximum atomic E-state index is 6.38. The Kier molecular flexibility index (Phi) is 6.24. The maximum absolute atomic E-state index is 6.38. The molecule has 0 aliphatic carbocycles. The summed E-state index contributed by atoms with van der Waals surface area (Å²) in [5.41, 5.74) is 12.3. The van der Waals surface area contributed by atoms with Crippen LogP contribution in [0.25, 0.3) is 93.9 Å². The van der Waals surface area contributed by atoms with Crippen molar-refractivity contribution in [2.24, 2.45) is 0 Å². The first kappa shape index (κ1) is 29.9. The average molecular weight is 708 g/mol. The van der Waals surface area contributed by atoms with Crippen LogP contribution in [0.4, 0.5) is 17.1 Å². The number of rotatable bonds is 5. The molecule has 55 heavy (non-hydrogen) atoms.